The maximum absolute atomic E-state index is 13.9. The van der Waals surface area contributed by atoms with Crippen molar-refractivity contribution in [3.8, 4) is 11.8 Å². The summed E-state index contributed by atoms with van der Waals surface area (Å²) in [4.78, 5) is 15.5. The number of nitrogens with one attached hydrogen (secondary N) is 1. The summed E-state index contributed by atoms with van der Waals surface area (Å²) in [5.41, 5.74) is -2.29. The molecule has 35 heavy (non-hydrogen) atoms. The van der Waals surface area contributed by atoms with Crippen LogP contribution in [0.1, 0.15) is 55.5 Å². The van der Waals surface area contributed by atoms with Gasteiger partial charge in [0.15, 0.2) is 0 Å². The molecule has 0 fully saturated rings. The molecule has 2 aromatic rings. The summed E-state index contributed by atoms with van der Waals surface area (Å²) in [6, 6.07) is 5.66. The van der Waals surface area contributed by atoms with Crippen molar-refractivity contribution in [1.29, 1.82) is 5.26 Å². The summed E-state index contributed by atoms with van der Waals surface area (Å²) in [6.45, 7) is 5.60. The van der Waals surface area contributed by atoms with E-state index in [0.717, 1.165) is 6.07 Å². The van der Waals surface area contributed by atoms with E-state index < -0.39 is 29.9 Å². The largest absolute Gasteiger partial charge is 0.488 e. The van der Waals surface area contributed by atoms with Gasteiger partial charge in [-0.3, -0.25) is 15.1 Å². The Labute approximate surface area is 201 Å². The normalized spacial score (nSPS) is 13.9. The van der Waals surface area contributed by atoms with Crippen molar-refractivity contribution in [2.75, 3.05) is 6.61 Å². The third-order valence-electron chi connectivity index (χ3n) is 5.08. The Morgan fingerprint density at radius 2 is 1.89 bits per heavy atom. The molecule has 0 saturated carbocycles. The molecule has 1 heterocycles. The summed E-state index contributed by atoms with van der Waals surface area (Å²) in [7, 11) is 0. The topological polar surface area (TPSA) is 115 Å². The third-order valence-corrected chi connectivity index (χ3v) is 5.08. The van der Waals surface area contributed by atoms with Gasteiger partial charge in [0.2, 0.25) is 0 Å². The zero-order chi connectivity index (χ0) is 26.4. The molecule has 0 aliphatic rings. The van der Waals surface area contributed by atoms with Crippen LogP contribution >= 0.6 is 0 Å². The van der Waals surface area contributed by atoms with Gasteiger partial charge >= 0.3 is 12.1 Å². The maximum Gasteiger partial charge on any atom is 0.417 e. The molecular weight excluding hydrogens is 463 g/mol. The van der Waals surface area contributed by atoms with Crippen LogP contribution in [0.4, 0.5) is 13.2 Å². The highest BCUT2D eigenvalue weighted by molar-refractivity contribution is 5.78. The number of benzene rings is 1. The lowest BCUT2D eigenvalue weighted by molar-refractivity contribution is -0.146. The number of aliphatic carboxylic acids is 1. The highest BCUT2D eigenvalue weighted by atomic mass is 19.4. The lowest BCUT2D eigenvalue weighted by Gasteiger charge is -2.25. The van der Waals surface area contributed by atoms with Gasteiger partial charge in [0.05, 0.1) is 17.7 Å². The molecule has 0 saturated heterocycles. The zero-order valence-corrected chi connectivity index (χ0v) is 19.9. The number of ether oxygens (including phenoxy) is 1. The molecule has 0 aliphatic heterocycles. The smallest absolute Gasteiger partial charge is 0.417 e. The Balaban J connectivity index is 2.55. The second-order valence-electron chi connectivity index (χ2n) is 9.38. The SMILES string of the molecule is CC(C)(C)/C=C/c1cc(OCc2cncc(C#N)c2)c(CNC(C)(CO)C(=O)O)cc1C(F)(F)F. The van der Waals surface area contributed by atoms with Crippen molar-refractivity contribution < 1.29 is 32.9 Å². The van der Waals surface area contributed by atoms with Gasteiger partial charge in [-0.2, -0.15) is 18.4 Å². The molecule has 1 atom stereocenters. The molecule has 1 aromatic heterocycles. The number of pyridine rings is 1. The molecule has 1 aromatic carbocycles. The van der Waals surface area contributed by atoms with Gasteiger partial charge in [-0.1, -0.05) is 32.9 Å². The van der Waals surface area contributed by atoms with E-state index in [0.29, 0.717) is 11.1 Å². The molecule has 10 heteroatoms. The Morgan fingerprint density at radius 1 is 1.20 bits per heavy atom. The average molecular weight is 492 g/mol. The van der Waals surface area contributed by atoms with Gasteiger partial charge in [-0.25, -0.2) is 0 Å². The Hall–Kier alpha value is -3.42. The molecular formula is C25H28F3N3O4. The molecule has 0 radical (unpaired) electrons. The third kappa shape index (κ3) is 7.80. The molecule has 1 unspecified atom stereocenters. The number of carboxylic acid groups (broad SMARTS) is 1. The van der Waals surface area contributed by atoms with Crippen LogP contribution in [0.25, 0.3) is 6.08 Å². The second kappa shape index (κ2) is 10.9. The van der Waals surface area contributed by atoms with E-state index in [4.69, 9.17) is 10.00 Å². The van der Waals surface area contributed by atoms with Gasteiger partial charge in [-0.15, -0.1) is 0 Å². The fourth-order valence-corrected chi connectivity index (χ4v) is 2.91. The van der Waals surface area contributed by atoms with E-state index >= 15 is 0 Å². The Bertz CT molecular complexity index is 1130. The molecule has 0 aliphatic carbocycles. The van der Waals surface area contributed by atoms with Gasteiger partial charge in [0.1, 0.15) is 24.0 Å². The van der Waals surface area contributed by atoms with E-state index in [1.165, 1.54) is 31.5 Å². The van der Waals surface area contributed by atoms with Crippen LogP contribution < -0.4 is 10.1 Å². The predicted molar refractivity (Wildman–Crippen MR) is 123 cm³/mol. The molecule has 2 rings (SSSR count). The van der Waals surface area contributed by atoms with Crippen molar-refractivity contribution in [3.05, 3.63) is 64.5 Å². The summed E-state index contributed by atoms with van der Waals surface area (Å²) in [5, 5.41) is 30.5. The van der Waals surface area contributed by atoms with Crippen LogP contribution in [-0.4, -0.2) is 33.3 Å². The maximum atomic E-state index is 13.9. The molecule has 3 N–H and O–H groups in total. The number of carboxylic acids is 1. The van der Waals surface area contributed by atoms with Crippen molar-refractivity contribution in [3.63, 3.8) is 0 Å². The van der Waals surface area contributed by atoms with Crippen LogP contribution in [0.15, 0.2) is 36.7 Å². The molecule has 0 bridgehead atoms. The van der Waals surface area contributed by atoms with E-state index in [1.807, 2.05) is 26.8 Å². The first-order chi connectivity index (χ1) is 16.2. The number of hydrogen-bond acceptors (Lipinski definition) is 6. The van der Waals surface area contributed by atoms with Gasteiger partial charge in [-0.05, 0) is 36.1 Å². The fourth-order valence-electron chi connectivity index (χ4n) is 2.91. The number of aliphatic hydroxyl groups excluding tert-OH is 1. The molecule has 0 amide bonds. The first kappa shape index (κ1) is 27.8. The van der Waals surface area contributed by atoms with E-state index in [-0.39, 0.29) is 35.4 Å². The number of aliphatic hydroxyl groups is 1. The number of halogens is 3. The average Bonchev–Trinajstić information content (AvgIpc) is 2.78. The summed E-state index contributed by atoms with van der Waals surface area (Å²) in [6.07, 6.45) is 1.18. The summed E-state index contributed by atoms with van der Waals surface area (Å²) >= 11 is 0. The number of rotatable bonds is 9. The van der Waals surface area contributed by atoms with Crippen LogP contribution in [0.3, 0.4) is 0 Å². The number of alkyl halides is 3. The summed E-state index contributed by atoms with van der Waals surface area (Å²) in [5.74, 6) is -1.27. The number of hydrogen-bond donors (Lipinski definition) is 3. The standard InChI is InChI=1S/C25H28F3N3O4/c1-23(2,3)6-5-18-9-21(35-14-17-7-16(10-29)11-30-12-17)19(8-20(18)25(26,27)28)13-31-24(4,15-32)22(33)34/h5-9,11-12,31-32H,13-15H2,1-4H3,(H,33,34)/b6-5+. The first-order valence-corrected chi connectivity index (χ1v) is 10.7. The number of aromatic nitrogens is 1. The minimum Gasteiger partial charge on any atom is -0.488 e. The lowest BCUT2D eigenvalue weighted by Crippen LogP contribution is -2.52. The van der Waals surface area contributed by atoms with Crippen molar-refractivity contribution in [2.45, 2.75) is 52.6 Å². The number of allylic oxidation sites excluding steroid dienone is 1. The number of carbonyl (C=O) groups is 1. The second-order valence-corrected chi connectivity index (χ2v) is 9.38. The van der Waals surface area contributed by atoms with Crippen molar-refractivity contribution in [2.24, 2.45) is 5.41 Å². The van der Waals surface area contributed by atoms with Crippen LogP contribution in [-0.2, 0) is 24.1 Å². The first-order valence-electron chi connectivity index (χ1n) is 10.7. The van der Waals surface area contributed by atoms with Crippen molar-refractivity contribution >= 4 is 12.0 Å². The highest BCUT2D eigenvalue weighted by Crippen LogP contribution is 2.37. The minimum absolute atomic E-state index is 0.0514. The van der Waals surface area contributed by atoms with Gasteiger partial charge in [0.25, 0.3) is 0 Å². The summed E-state index contributed by atoms with van der Waals surface area (Å²) < 4.78 is 47.6. The molecule has 0 spiro atoms. The van der Waals surface area contributed by atoms with E-state index in [2.05, 4.69) is 10.3 Å². The number of nitrogens with zero attached hydrogens (tertiary/aromatic N) is 2. The lowest BCUT2D eigenvalue weighted by atomic mass is 9.93. The van der Waals surface area contributed by atoms with Crippen LogP contribution in [0.5, 0.6) is 5.75 Å². The Morgan fingerprint density at radius 3 is 2.43 bits per heavy atom. The zero-order valence-electron chi connectivity index (χ0n) is 19.9. The van der Waals surface area contributed by atoms with E-state index in [9.17, 15) is 28.2 Å². The molecule has 7 nitrogen and oxygen atoms in total. The Kier molecular flexibility index (Phi) is 8.65. The number of nitriles is 1. The van der Waals surface area contributed by atoms with E-state index in [1.54, 1.807) is 12.1 Å². The fraction of sp³-hybridized carbons (Fsp3) is 0.400. The van der Waals surface area contributed by atoms with Gasteiger partial charge in [0, 0.05) is 30.1 Å². The molecule has 188 valence electrons. The predicted octanol–water partition coefficient (Wildman–Crippen LogP) is 4.54. The van der Waals surface area contributed by atoms with Crippen molar-refractivity contribution in [1.82, 2.24) is 10.3 Å². The highest BCUT2D eigenvalue weighted by Gasteiger charge is 2.35. The minimum atomic E-state index is -4.68. The quantitative estimate of drug-likeness (QED) is 0.472. The van der Waals surface area contributed by atoms with Crippen LogP contribution in [0.2, 0.25) is 0 Å². The van der Waals surface area contributed by atoms with Crippen LogP contribution in [0, 0.1) is 16.7 Å². The van der Waals surface area contributed by atoms with Gasteiger partial charge < -0.3 is 14.9 Å². The monoisotopic (exact) mass is 491 g/mol.